The number of halogens is 1. The Morgan fingerprint density at radius 3 is 2.61 bits per heavy atom. The van der Waals surface area contributed by atoms with E-state index in [0.717, 1.165) is 29.9 Å². The fourth-order valence-electron chi connectivity index (χ4n) is 1.94. The molecule has 0 bridgehead atoms. The van der Waals surface area contributed by atoms with Gasteiger partial charge in [-0.3, -0.25) is 14.6 Å². The summed E-state index contributed by atoms with van der Waals surface area (Å²) < 4.78 is 1.80. The Labute approximate surface area is 111 Å². The van der Waals surface area contributed by atoms with Gasteiger partial charge in [0.25, 0.3) is 5.56 Å². The Bertz CT molecular complexity index is 583. The van der Waals surface area contributed by atoms with Crippen molar-refractivity contribution in [1.29, 1.82) is 0 Å². The normalized spacial score (nSPS) is 10.8. The zero-order valence-electron chi connectivity index (χ0n) is 10.5. The maximum Gasteiger partial charge on any atom is 0.267 e. The van der Waals surface area contributed by atoms with Crippen molar-refractivity contribution >= 4 is 11.6 Å². The highest BCUT2D eigenvalue weighted by atomic mass is 35.5. The van der Waals surface area contributed by atoms with E-state index in [1.807, 2.05) is 38.2 Å². The van der Waals surface area contributed by atoms with E-state index >= 15 is 0 Å². The molecule has 2 rings (SSSR count). The quantitative estimate of drug-likeness (QED) is 0.887. The second-order valence-corrected chi connectivity index (χ2v) is 4.61. The van der Waals surface area contributed by atoms with Crippen LogP contribution in [0.1, 0.15) is 11.3 Å². The predicted octanol–water partition coefficient (Wildman–Crippen LogP) is 1.89. The molecule has 1 heterocycles. The van der Waals surface area contributed by atoms with Gasteiger partial charge in [-0.1, -0.05) is 11.6 Å². The zero-order chi connectivity index (χ0) is 13.1. The number of nitrogens with one attached hydrogen (secondary N) is 2. The smallest absolute Gasteiger partial charge is 0.267 e. The van der Waals surface area contributed by atoms with Crippen molar-refractivity contribution in [2.24, 2.45) is 0 Å². The van der Waals surface area contributed by atoms with Gasteiger partial charge in [0.15, 0.2) is 0 Å². The first-order valence-corrected chi connectivity index (χ1v) is 6.22. The van der Waals surface area contributed by atoms with Crippen LogP contribution >= 0.6 is 11.6 Å². The van der Waals surface area contributed by atoms with Crippen molar-refractivity contribution in [3.05, 3.63) is 50.9 Å². The summed E-state index contributed by atoms with van der Waals surface area (Å²) in [7, 11) is 1.87. The van der Waals surface area contributed by atoms with Gasteiger partial charge in [-0.25, -0.2) is 0 Å². The molecule has 5 heteroatoms. The van der Waals surface area contributed by atoms with E-state index < -0.39 is 0 Å². The Morgan fingerprint density at radius 1 is 1.33 bits per heavy atom. The van der Waals surface area contributed by atoms with E-state index in [0.29, 0.717) is 5.02 Å². The van der Waals surface area contributed by atoms with Gasteiger partial charge in [-0.2, -0.15) is 0 Å². The molecule has 0 spiro atoms. The van der Waals surface area contributed by atoms with Crippen molar-refractivity contribution in [3.8, 4) is 5.69 Å². The third-order valence-corrected chi connectivity index (χ3v) is 3.22. The number of rotatable bonds is 4. The highest BCUT2D eigenvalue weighted by Gasteiger charge is 2.11. The van der Waals surface area contributed by atoms with Gasteiger partial charge in [0.1, 0.15) is 0 Å². The topological polar surface area (TPSA) is 49.8 Å². The molecule has 2 N–H and O–H groups in total. The van der Waals surface area contributed by atoms with E-state index in [-0.39, 0.29) is 5.56 Å². The van der Waals surface area contributed by atoms with Crippen LogP contribution in [0.5, 0.6) is 0 Å². The minimum absolute atomic E-state index is 0.0299. The second-order valence-electron chi connectivity index (χ2n) is 4.17. The molecule has 0 aliphatic carbocycles. The predicted molar refractivity (Wildman–Crippen MR) is 73.8 cm³/mol. The number of hydrogen-bond acceptors (Lipinski definition) is 2. The van der Waals surface area contributed by atoms with Crippen LogP contribution in [0.15, 0.2) is 29.1 Å². The van der Waals surface area contributed by atoms with Gasteiger partial charge in [0.05, 0.1) is 5.69 Å². The summed E-state index contributed by atoms with van der Waals surface area (Å²) in [6.45, 7) is 2.73. The van der Waals surface area contributed by atoms with Crippen LogP contribution in [0, 0.1) is 6.92 Å². The van der Waals surface area contributed by atoms with Gasteiger partial charge in [0.2, 0.25) is 0 Å². The van der Waals surface area contributed by atoms with Crippen LogP contribution < -0.4 is 10.9 Å². The second kappa shape index (κ2) is 5.42. The van der Waals surface area contributed by atoms with Gasteiger partial charge < -0.3 is 5.32 Å². The summed E-state index contributed by atoms with van der Waals surface area (Å²) in [5.41, 5.74) is 2.64. The average Bonchev–Trinajstić information content (AvgIpc) is 2.64. The minimum atomic E-state index is -0.0299. The van der Waals surface area contributed by atoms with Crippen LogP contribution in [0.4, 0.5) is 0 Å². The molecule has 0 fully saturated rings. The summed E-state index contributed by atoms with van der Waals surface area (Å²) in [6.07, 6.45) is 0.720. The van der Waals surface area contributed by atoms with Crippen LogP contribution in [0.3, 0.4) is 0 Å². The first kappa shape index (κ1) is 12.9. The van der Waals surface area contributed by atoms with E-state index in [2.05, 4.69) is 10.4 Å². The van der Waals surface area contributed by atoms with Gasteiger partial charge in [-0.15, -0.1) is 0 Å². The van der Waals surface area contributed by atoms with Crippen LogP contribution in [-0.4, -0.2) is 23.4 Å². The van der Waals surface area contributed by atoms with Crippen molar-refractivity contribution < 1.29 is 0 Å². The first-order valence-electron chi connectivity index (χ1n) is 5.84. The maximum atomic E-state index is 11.9. The van der Waals surface area contributed by atoms with Gasteiger partial charge in [0, 0.05) is 16.3 Å². The maximum absolute atomic E-state index is 11.9. The number of benzene rings is 1. The van der Waals surface area contributed by atoms with Crippen molar-refractivity contribution in [3.63, 3.8) is 0 Å². The van der Waals surface area contributed by atoms with E-state index in [1.54, 1.807) is 4.68 Å². The Hall–Kier alpha value is -1.52. The number of aromatic amines is 1. The zero-order valence-corrected chi connectivity index (χ0v) is 11.2. The molecule has 1 aromatic heterocycles. The molecule has 18 heavy (non-hydrogen) atoms. The number of likely N-dealkylation sites (N-methyl/N-ethyl adjacent to an activating group) is 1. The van der Waals surface area contributed by atoms with Crippen LogP contribution in [-0.2, 0) is 6.42 Å². The molecule has 0 aliphatic rings. The number of hydrogen-bond donors (Lipinski definition) is 2. The van der Waals surface area contributed by atoms with E-state index in [4.69, 9.17) is 11.6 Å². The Morgan fingerprint density at radius 2 is 2.00 bits per heavy atom. The molecule has 1 aromatic carbocycles. The molecular weight excluding hydrogens is 250 g/mol. The monoisotopic (exact) mass is 265 g/mol. The third kappa shape index (κ3) is 2.49. The molecule has 0 radical (unpaired) electrons. The highest BCUT2D eigenvalue weighted by molar-refractivity contribution is 6.30. The molecular formula is C13H16ClN3O. The fraction of sp³-hybridized carbons (Fsp3) is 0.308. The summed E-state index contributed by atoms with van der Waals surface area (Å²) in [5, 5.41) is 6.58. The molecule has 96 valence electrons. The molecule has 2 aromatic rings. The molecule has 0 amide bonds. The molecule has 0 saturated heterocycles. The Kier molecular flexibility index (Phi) is 3.89. The lowest BCUT2D eigenvalue weighted by molar-refractivity contribution is 0.783. The van der Waals surface area contributed by atoms with Crippen LogP contribution in [0.2, 0.25) is 5.02 Å². The summed E-state index contributed by atoms with van der Waals surface area (Å²) in [5.74, 6) is 0. The lowest BCUT2D eigenvalue weighted by atomic mass is 10.2. The highest BCUT2D eigenvalue weighted by Crippen LogP contribution is 2.15. The molecule has 4 nitrogen and oxygen atoms in total. The van der Waals surface area contributed by atoms with Crippen molar-refractivity contribution in [2.75, 3.05) is 13.6 Å². The average molecular weight is 266 g/mol. The first-order chi connectivity index (χ1) is 8.63. The number of aromatic nitrogens is 2. The molecule has 0 unspecified atom stereocenters. The number of H-pyrrole nitrogens is 1. The lowest BCUT2D eigenvalue weighted by Gasteiger charge is -2.06. The molecule has 0 saturated carbocycles. The Balaban J connectivity index is 2.40. The largest absolute Gasteiger partial charge is 0.319 e. The van der Waals surface area contributed by atoms with Gasteiger partial charge >= 0.3 is 0 Å². The lowest BCUT2D eigenvalue weighted by Crippen LogP contribution is -2.15. The number of nitrogens with zero attached hydrogens (tertiary/aromatic N) is 1. The van der Waals surface area contributed by atoms with Crippen molar-refractivity contribution in [1.82, 2.24) is 15.1 Å². The van der Waals surface area contributed by atoms with E-state index in [9.17, 15) is 4.79 Å². The minimum Gasteiger partial charge on any atom is -0.319 e. The molecule has 0 aliphatic heterocycles. The third-order valence-electron chi connectivity index (χ3n) is 2.97. The summed E-state index contributed by atoms with van der Waals surface area (Å²) in [6, 6.07) is 7.38. The summed E-state index contributed by atoms with van der Waals surface area (Å²) in [4.78, 5) is 11.9. The van der Waals surface area contributed by atoms with Crippen LogP contribution in [0.25, 0.3) is 5.69 Å². The standard InChI is InChI=1S/C13H16ClN3O/c1-9-12(7-8-15-2)13(18)16-17(9)11-5-3-10(14)4-6-11/h3-6,15H,7-8H2,1-2H3,(H,16,18). The summed E-state index contributed by atoms with van der Waals surface area (Å²) >= 11 is 5.85. The van der Waals surface area contributed by atoms with Crippen molar-refractivity contribution in [2.45, 2.75) is 13.3 Å². The molecule has 0 atom stereocenters. The SMILES string of the molecule is CNCCc1c(C)n(-c2ccc(Cl)cc2)[nH]c1=O. The fourth-order valence-corrected chi connectivity index (χ4v) is 2.07. The van der Waals surface area contributed by atoms with Gasteiger partial charge in [-0.05, 0) is 51.2 Å². The van der Waals surface area contributed by atoms with E-state index in [1.165, 1.54) is 0 Å².